The third-order valence-corrected chi connectivity index (χ3v) is 11.3. The summed E-state index contributed by atoms with van der Waals surface area (Å²) in [6.07, 6.45) is 0.123. The summed E-state index contributed by atoms with van der Waals surface area (Å²) in [5, 5.41) is 18.3. The molecule has 49 heavy (non-hydrogen) atoms. The summed E-state index contributed by atoms with van der Waals surface area (Å²) in [4.78, 5) is 17.7. The second kappa shape index (κ2) is 15.9. The molecule has 11 nitrogen and oxygen atoms in total. The van der Waals surface area contributed by atoms with Crippen molar-refractivity contribution in [3.63, 3.8) is 0 Å². The number of benzene rings is 2. The number of amides is 1. The fourth-order valence-electron chi connectivity index (χ4n) is 5.80. The van der Waals surface area contributed by atoms with Crippen LogP contribution in [0.1, 0.15) is 58.9 Å². The van der Waals surface area contributed by atoms with Crippen molar-refractivity contribution in [3.8, 4) is 0 Å². The number of anilines is 1. The predicted molar refractivity (Wildman–Crippen MR) is 183 cm³/mol. The molecule has 15 heteroatoms. The SMILES string of the molecule is CCO[C@H]1CC([C@@H](C)OC(=O)N[C@@H](Cc2ccc(F)cc2)[C@H](O)CN(CC(C)(C)F)S(=O)(=O)c2ccc3nc(NC4CC4)sc3c2)CCO1. The molecule has 1 amide bonds. The fraction of sp³-hybridized carbons (Fsp3) is 0.588. The Kier molecular flexibility index (Phi) is 12.1. The number of ether oxygens (including phenoxy) is 3. The molecule has 2 aliphatic rings. The van der Waals surface area contributed by atoms with E-state index in [9.17, 15) is 22.7 Å². The highest BCUT2D eigenvalue weighted by molar-refractivity contribution is 7.89. The molecule has 0 spiro atoms. The number of carbonyl (C=O) groups is 1. The molecule has 2 heterocycles. The van der Waals surface area contributed by atoms with Crippen molar-refractivity contribution >= 4 is 42.8 Å². The second-order valence-corrected chi connectivity index (χ2v) is 16.4. The van der Waals surface area contributed by atoms with Gasteiger partial charge >= 0.3 is 6.09 Å². The molecule has 3 aromatic rings. The van der Waals surface area contributed by atoms with Gasteiger partial charge in [-0.1, -0.05) is 23.5 Å². The van der Waals surface area contributed by atoms with Crippen LogP contribution in [-0.2, 0) is 30.7 Å². The molecule has 1 aliphatic heterocycles. The Morgan fingerprint density at radius 3 is 2.61 bits per heavy atom. The Balaban J connectivity index is 1.34. The summed E-state index contributed by atoms with van der Waals surface area (Å²) in [7, 11) is -4.33. The highest BCUT2D eigenvalue weighted by Gasteiger charge is 2.36. The quantitative estimate of drug-likeness (QED) is 0.172. The largest absolute Gasteiger partial charge is 0.446 e. The molecule has 1 saturated heterocycles. The normalized spacial score (nSPS) is 20.6. The smallest absolute Gasteiger partial charge is 0.407 e. The Labute approximate surface area is 290 Å². The molecule has 1 unspecified atom stereocenters. The van der Waals surface area contributed by atoms with Crippen molar-refractivity contribution in [2.45, 2.75) is 101 Å². The number of aliphatic hydroxyl groups excluding tert-OH is 1. The lowest BCUT2D eigenvalue weighted by atomic mass is 9.94. The van der Waals surface area contributed by atoms with Gasteiger partial charge < -0.3 is 30.0 Å². The van der Waals surface area contributed by atoms with Gasteiger partial charge in [0.25, 0.3) is 0 Å². The van der Waals surface area contributed by atoms with Gasteiger partial charge in [0.2, 0.25) is 10.0 Å². The maximum Gasteiger partial charge on any atom is 0.407 e. The van der Waals surface area contributed by atoms with Gasteiger partial charge in [0, 0.05) is 38.1 Å². The summed E-state index contributed by atoms with van der Waals surface area (Å²) >= 11 is 1.34. The summed E-state index contributed by atoms with van der Waals surface area (Å²) in [6, 6.07) is 9.36. The Morgan fingerprint density at radius 2 is 1.94 bits per heavy atom. The number of aromatic nitrogens is 1. The van der Waals surface area contributed by atoms with Crippen LogP contribution in [0.5, 0.6) is 0 Å². The lowest BCUT2D eigenvalue weighted by molar-refractivity contribution is -0.180. The lowest BCUT2D eigenvalue weighted by Crippen LogP contribution is -2.52. The van der Waals surface area contributed by atoms with Crippen molar-refractivity contribution in [1.29, 1.82) is 0 Å². The van der Waals surface area contributed by atoms with E-state index in [0.29, 0.717) is 53.0 Å². The molecule has 1 aromatic heterocycles. The van der Waals surface area contributed by atoms with Gasteiger partial charge in [-0.3, -0.25) is 0 Å². The first-order valence-electron chi connectivity index (χ1n) is 16.7. The average molecular weight is 725 g/mol. The molecule has 1 saturated carbocycles. The maximum absolute atomic E-state index is 15.2. The van der Waals surface area contributed by atoms with Crippen molar-refractivity contribution in [1.82, 2.24) is 14.6 Å². The zero-order chi connectivity index (χ0) is 35.3. The molecule has 2 aromatic carbocycles. The van der Waals surface area contributed by atoms with E-state index in [4.69, 9.17) is 14.2 Å². The van der Waals surface area contributed by atoms with E-state index < -0.39 is 65.2 Å². The number of rotatable bonds is 16. The molecule has 3 N–H and O–H groups in total. The molecule has 270 valence electrons. The highest BCUT2D eigenvalue weighted by Crippen LogP contribution is 2.33. The van der Waals surface area contributed by atoms with Gasteiger partial charge in [0.15, 0.2) is 11.4 Å². The second-order valence-electron chi connectivity index (χ2n) is 13.4. The minimum atomic E-state index is -4.33. The summed E-state index contributed by atoms with van der Waals surface area (Å²) in [5.41, 5.74) is -0.746. The minimum Gasteiger partial charge on any atom is -0.446 e. The van der Waals surface area contributed by atoms with Gasteiger partial charge in [-0.25, -0.2) is 27.0 Å². The number of thiazole rings is 1. The molecule has 5 atom stereocenters. The molecular formula is C34H46F2N4O7S2. The van der Waals surface area contributed by atoms with E-state index in [-0.39, 0.29) is 17.2 Å². The zero-order valence-corrected chi connectivity index (χ0v) is 29.9. The third kappa shape index (κ3) is 10.5. The number of sulfonamides is 1. The van der Waals surface area contributed by atoms with Crippen LogP contribution in [0.25, 0.3) is 10.2 Å². The first-order valence-corrected chi connectivity index (χ1v) is 18.9. The molecule has 0 bridgehead atoms. The molecule has 2 fully saturated rings. The van der Waals surface area contributed by atoms with E-state index in [0.717, 1.165) is 17.1 Å². The first-order chi connectivity index (χ1) is 23.2. The van der Waals surface area contributed by atoms with Crippen molar-refractivity contribution in [2.75, 3.05) is 31.6 Å². The number of hydrogen-bond donors (Lipinski definition) is 3. The van der Waals surface area contributed by atoms with Crippen LogP contribution < -0.4 is 10.6 Å². The van der Waals surface area contributed by atoms with Crippen LogP contribution in [0.2, 0.25) is 0 Å². The van der Waals surface area contributed by atoms with Crippen molar-refractivity contribution in [3.05, 3.63) is 53.8 Å². The lowest BCUT2D eigenvalue weighted by Gasteiger charge is -2.34. The number of hydrogen-bond acceptors (Lipinski definition) is 10. The number of nitrogens with one attached hydrogen (secondary N) is 2. The summed E-state index contributed by atoms with van der Waals surface area (Å²) in [6.45, 7) is 6.00. The van der Waals surface area contributed by atoms with Crippen LogP contribution in [-0.4, -0.2) is 91.5 Å². The van der Waals surface area contributed by atoms with E-state index in [1.807, 2.05) is 6.92 Å². The average Bonchev–Trinajstić information content (AvgIpc) is 3.76. The summed E-state index contributed by atoms with van der Waals surface area (Å²) in [5.74, 6) is -0.486. The van der Waals surface area contributed by atoms with Crippen LogP contribution in [0.15, 0.2) is 47.4 Å². The van der Waals surface area contributed by atoms with Crippen molar-refractivity contribution in [2.24, 2.45) is 5.92 Å². The topological polar surface area (TPSA) is 139 Å². The van der Waals surface area contributed by atoms with Crippen molar-refractivity contribution < 1.29 is 41.3 Å². The van der Waals surface area contributed by atoms with Gasteiger partial charge in [0.05, 0.1) is 33.9 Å². The number of carbonyl (C=O) groups excluding carboxylic acids is 1. The number of alkyl carbamates (subject to hydrolysis) is 1. The monoisotopic (exact) mass is 724 g/mol. The molecule has 1 aliphatic carbocycles. The number of nitrogens with zero attached hydrogens (tertiary/aromatic N) is 2. The van der Waals surface area contributed by atoms with E-state index in [2.05, 4.69) is 15.6 Å². The Hall–Kier alpha value is -2.95. The standard InChI is InChI=1S/C34H46F2N4O7S2/c1-5-45-31-17-23(14-15-46-31)21(2)47-33(42)39-28(16-22-6-8-24(35)9-7-22)29(41)19-40(20-34(3,4)36)49(43,44)26-12-13-27-30(18-26)48-32(38-27)37-25-10-11-25/h6-9,12-13,18,21,23,25,28-29,31,41H,5,10-11,14-17,19-20H2,1-4H3,(H,37,38)(H,39,42)/t21-,23?,28+,29-,31-/m1/s1. The first kappa shape index (κ1) is 37.3. The number of halogens is 2. The molecule has 0 radical (unpaired) electrons. The summed E-state index contributed by atoms with van der Waals surface area (Å²) < 4.78 is 75.4. The predicted octanol–water partition coefficient (Wildman–Crippen LogP) is 5.62. The van der Waals surface area contributed by atoms with E-state index in [1.54, 1.807) is 13.0 Å². The van der Waals surface area contributed by atoms with Crippen LogP contribution in [0.4, 0.5) is 18.7 Å². The number of fused-ring (bicyclic) bond motifs is 1. The Bertz CT molecular complexity index is 1660. The van der Waals surface area contributed by atoms with Gasteiger partial charge in [-0.15, -0.1) is 0 Å². The van der Waals surface area contributed by atoms with Crippen LogP contribution in [0.3, 0.4) is 0 Å². The zero-order valence-electron chi connectivity index (χ0n) is 28.2. The molecular weight excluding hydrogens is 679 g/mol. The molecule has 5 rings (SSSR count). The number of alkyl halides is 1. The number of aliphatic hydroxyl groups is 1. The van der Waals surface area contributed by atoms with E-state index in [1.165, 1.54) is 61.6 Å². The van der Waals surface area contributed by atoms with Crippen LogP contribution >= 0.6 is 11.3 Å². The van der Waals surface area contributed by atoms with E-state index >= 15 is 4.39 Å². The maximum atomic E-state index is 15.2. The van der Waals surface area contributed by atoms with Gasteiger partial charge in [-0.05, 0) is 89.3 Å². The van der Waals surface area contributed by atoms with Crippen LogP contribution in [0, 0.1) is 11.7 Å². The highest BCUT2D eigenvalue weighted by atomic mass is 32.2. The minimum absolute atomic E-state index is 0.0190. The fourth-order valence-corrected chi connectivity index (χ4v) is 8.49. The van der Waals surface area contributed by atoms with Gasteiger partial charge in [-0.2, -0.15) is 4.31 Å². The Morgan fingerprint density at radius 1 is 1.20 bits per heavy atom. The van der Waals surface area contributed by atoms with Gasteiger partial charge in [0.1, 0.15) is 17.6 Å². The third-order valence-electron chi connectivity index (χ3n) is 8.58.